The molecule has 0 amide bonds. The molecular formula is C8H16Cl2. The largest absolute Gasteiger partial charge is 0.121 e. The van der Waals surface area contributed by atoms with Crippen LogP contribution in [0.5, 0.6) is 0 Å². The molecule has 0 heterocycles. The maximum atomic E-state index is 6.05. The summed E-state index contributed by atoms with van der Waals surface area (Å²) in [6, 6.07) is 0. The first kappa shape index (κ1) is 10.6. The molecule has 0 spiro atoms. The number of rotatable bonds is 4. The normalized spacial score (nSPS) is 20.1. The first-order valence-corrected chi connectivity index (χ1v) is 4.78. The van der Waals surface area contributed by atoms with E-state index >= 15 is 0 Å². The van der Waals surface area contributed by atoms with Crippen LogP contribution in [0.15, 0.2) is 0 Å². The van der Waals surface area contributed by atoms with Gasteiger partial charge in [0.25, 0.3) is 0 Å². The Bertz CT molecular complexity index is 73.3. The van der Waals surface area contributed by atoms with Crippen molar-refractivity contribution in [1.82, 2.24) is 0 Å². The molecule has 0 saturated heterocycles. The minimum Gasteiger partial charge on any atom is -0.121 e. The summed E-state index contributed by atoms with van der Waals surface area (Å²) in [7, 11) is 0. The summed E-state index contributed by atoms with van der Waals surface area (Å²) in [5.74, 6) is 0.532. The lowest BCUT2D eigenvalue weighted by Gasteiger charge is -2.19. The van der Waals surface area contributed by atoms with Crippen LogP contribution >= 0.6 is 23.2 Å². The molecule has 2 heteroatoms. The van der Waals surface area contributed by atoms with Gasteiger partial charge in [0.05, 0.1) is 5.38 Å². The molecule has 0 aliphatic carbocycles. The monoisotopic (exact) mass is 182 g/mol. The van der Waals surface area contributed by atoms with Crippen molar-refractivity contribution < 1.29 is 0 Å². The van der Waals surface area contributed by atoms with Gasteiger partial charge in [-0.05, 0) is 12.3 Å². The van der Waals surface area contributed by atoms with Crippen molar-refractivity contribution >= 4 is 23.2 Å². The van der Waals surface area contributed by atoms with Gasteiger partial charge in [-0.1, -0.05) is 27.2 Å². The standard InChI is InChI=1S/C8H16Cl2/c1-4-6(3)8(10)7(9)5-2/h6-8H,4-5H2,1-3H3. The summed E-state index contributed by atoms with van der Waals surface area (Å²) in [6.45, 7) is 6.34. The second-order valence-corrected chi connectivity index (χ2v) is 3.82. The van der Waals surface area contributed by atoms with Crippen molar-refractivity contribution in [3.8, 4) is 0 Å². The fourth-order valence-electron chi connectivity index (χ4n) is 0.807. The number of halogens is 2. The van der Waals surface area contributed by atoms with Gasteiger partial charge in [0, 0.05) is 5.38 Å². The Morgan fingerprint density at radius 2 is 1.60 bits per heavy atom. The molecule has 0 saturated carbocycles. The van der Waals surface area contributed by atoms with Gasteiger partial charge in [0.2, 0.25) is 0 Å². The van der Waals surface area contributed by atoms with E-state index in [0.717, 1.165) is 12.8 Å². The Hall–Kier alpha value is 0.580. The van der Waals surface area contributed by atoms with Gasteiger partial charge in [-0.25, -0.2) is 0 Å². The second kappa shape index (κ2) is 5.26. The van der Waals surface area contributed by atoms with E-state index in [0.29, 0.717) is 5.92 Å². The van der Waals surface area contributed by atoms with Gasteiger partial charge >= 0.3 is 0 Å². The topological polar surface area (TPSA) is 0 Å². The highest BCUT2D eigenvalue weighted by atomic mass is 35.5. The van der Waals surface area contributed by atoms with Crippen molar-refractivity contribution in [2.75, 3.05) is 0 Å². The Balaban J connectivity index is 3.69. The summed E-state index contributed by atoms with van der Waals surface area (Å²) in [5, 5.41) is 0.272. The van der Waals surface area contributed by atoms with Gasteiger partial charge < -0.3 is 0 Å². The smallest absolute Gasteiger partial charge is 0.0525 e. The van der Waals surface area contributed by atoms with Gasteiger partial charge in [0.15, 0.2) is 0 Å². The quantitative estimate of drug-likeness (QED) is 0.583. The molecule has 3 unspecified atom stereocenters. The maximum Gasteiger partial charge on any atom is 0.0525 e. The first-order chi connectivity index (χ1) is 4.63. The molecule has 10 heavy (non-hydrogen) atoms. The fourth-order valence-corrected chi connectivity index (χ4v) is 1.41. The van der Waals surface area contributed by atoms with Crippen LogP contribution in [0, 0.1) is 5.92 Å². The molecule has 3 atom stereocenters. The average molecular weight is 183 g/mol. The van der Waals surface area contributed by atoms with Crippen molar-refractivity contribution in [3.05, 3.63) is 0 Å². The highest BCUT2D eigenvalue weighted by Crippen LogP contribution is 2.23. The summed E-state index contributed by atoms with van der Waals surface area (Å²) < 4.78 is 0. The molecule has 0 N–H and O–H groups in total. The average Bonchev–Trinajstić information content (AvgIpc) is 2.00. The zero-order chi connectivity index (χ0) is 8.15. The molecule has 0 aromatic rings. The van der Waals surface area contributed by atoms with Crippen molar-refractivity contribution in [1.29, 1.82) is 0 Å². The van der Waals surface area contributed by atoms with Gasteiger partial charge in [-0.2, -0.15) is 0 Å². The maximum absolute atomic E-state index is 6.05. The van der Waals surface area contributed by atoms with Crippen molar-refractivity contribution in [2.45, 2.75) is 44.4 Å². The van der Waals surface area contributed by atoms with Crippen LogP contribution in [0.4, 0.5) is 0 Å². The van der Waals surface area contributed by atoms with E-state index in [2.05, 4.69) is 20.8 Å². The minimum absolute atomic E-state index is 0.136. The number of alkyl halides is 2. The van der Waals surface area contributed by atoms with Gasteiger partial charge in [0.1, 0.15) is 0 Å². The zero-order valence-electron chi connectivity index (χ0n) is 6.90. The van der Waals surface area contributed by atoms with Crippen molar-refractivity contribution in [3.63, 3.8) is 0 Å². The molecule has 0 radical (unpaired) electrons. The Labute approximate surface area is 73.9 Å². The third-order valence-corrected chi connectivity index (χ3v) is 3.37. The summed E-state index contributed by atoms with van der Waals surface area (Å²) in [4.78, 5) is 0. The van der Waals surface area contributed by atoms with Crippen LogP contribution in [-0.2, 0) is 0 Å². The molecule has 0 aliphatic heterocycles. The number of hydrogen-bond acceptors (Lipinski definition) is 0. The number of hydrogen-bond donors (Lipinski definition) is 0. The van der Waals surface area contributed by atoms with E-state index in [1.807, 2.05) is 0 Å². The lowest BCUT2D eigenvalue weighted by atomic mass is 10.0. The summed E-state index contributed by atoms with van der Waals surface area (Å²) >= 11 is 12.0. The summed E-state index contributed by atoms with van der Waals surface area (Å²) in [5.41, 5.74) is 0. The first-order valence-electron chi connectivity index (χ1n) is 3.91. The predicted octanol–water partition coefficient (Wildman–Crippen LogP) is 3.66. The minimum atomic E-state index is 0.136. The van der Waals surface area contributed by atoms with Crippen LogP contribution in [0.25, 0.3) is 0 Å². The molecule has 0 aromatic carbocycles. The van der Waals surface area contributed by atoms with E-state index in [4.69, 9.17) is 23.2 Å². The molecule has 0 aliphatic rings. The lowest BCUT2D eigenvalue weighted by molar-refractivity contribution is 0.505. The second-order valence-electron chi connectivity index (χ2n) is 2.75. The van der Waals surface area contributed by atoms with Gasteiger partial charge in [-0.15, -0.1) is 23.2 Å². The molecule has 0 fully saturated rings. The van der Waals surface area contributed by atoms with E-state index in [9.17, 15) is 0 Å². The highest BCUT2D eigenvalue weighted by Gasteiger charge is 2.19. The van der Waals surface area contributed by atoms with E-state index in [1.54, 1.807) is 0 Å². The molecule has 0 aromatic heterocycles. The third-order valence-electron chi connectivity index (χ3n) is 1.92. The Morgan fingerprint density at radius 1 is 1.10 bits per heavy atom. The van der Waals surface area contributed by atoms with Crippen LogP contribution in [0.1, 0.15) is 33.6 Å². The van der Waals surface area contributed by atoms with E-state index in [-0.39, 0.29) is 10.8 Å². The molecule has 0 rings (SSSR count). The van der Waals surface area contributed by atoms with E-state index < -0.39 is 0 Å². The Kier molecular flexibility index (Phi) is 5.56. The van der Waals surface area contributed by atoms with Crippen LogP contribution < -0.4 is 0 Å². The van der Waals surface area contributed by atoms with Crippen LogP contribution in [0.2, 0.25) is 0 Å². The van der Waals surface area contributed by atoms with Crippen molar-refractivity contribution in [2.24, 2.45) is 5.92 Å². The van der Waals surface area contributed by atoms with Gasteiger partial charge in [-0.3, -0.25) is 0 Å². The molecule has 0 bridgehead atoms. The lowest BCUT2D eigenvalue weighted by Crippen LogP contribution is -2.21. The molecule has 62 valence electrons. The molecule has 0 nitrogen and oxygen atoms in total. The zero-order valence-corrected chi connectivity index (χ0v) is 8.41. The predicted molar refractivity (Wildman–Crippen MR) is 49.0 cm³/mol. The Morgan fingerprint density at radius 3 is 1.90 bits per heavy atom. The molecular weight excluding hydrogens is 167 g/mol. The van der Waals surface area contributed by atoms with Crippen LogP contribution in [0.3, 0.4) is 0 Å². The SMILES string of the molecule is CCC(C)C(Cl)C(Cl)CC. The highest BCUT2D eigenvalue weighted by molar-refractivity contribution is 6.30. The third kappa shape index (κ3) is 3.12. The summed E-state index contributed by atoms with van der Waals surface area (Å²) in [6.07, 6.45) is 2.07. The van der Waals surface area contributed by atoms with Crippen LogP contribution in [-0.4, -0.2) is 10.8 Å². The fraction of sp³-hybridized carbons (Fsp3) is 1.00. The van der Waals surface area contributed by atoms with E-state index in [1.165, 1.54) is 0 Å².